The van der Waals surface area contributed by atoms with Gasteiger partial charge >= 0.3 is 0 Å². The first-order valence-electron chi connectivity index (χ1n) is 7.90. The first-order valence-corrected chi connectivity index (χ1v) is 9.57. The highest BCUT2D eigenvalue weighted by Crippen LogP contribution is 2.26. The van der Waals surface area contributed by atoms with Crippen molar-refractivity contribution in [3.63, 3.8) is 0 Å². The van der Waals surface area contributed by atoms with Gasteiger partial charge in [-0.2, -0.15) is 0 Å². The van der Waals surface area contributed by atoms with E-state index in [1.807, 2.05) is 42.5 Å². The van der Waals surface area contributed by atoms with Crippen molar-refractivity contribution in [3.05, 3.63) is 65.2 Å². The average Bonchev–Trinajstić information content (AvgIpc) is 2.89. The Morgan fingerprint density at radius 3 is 2.54 bits per heavy atom. The van der Waals surface area contributed by atoms with Gasteiger partial charge in [-0.1, -0.05) is 65.9 Å². The fourth-order valence-electron chi connectivity index (χ4n) is 2.41. The van der Waals surface area contributed by atoms with Gasteiger partial charge in [0.05, 0.1) is 6.42 Å². The van der Waals surface area contributed by atoms with E-state index in [0.29, 0.717) is 15.9 Å². The number of carbonyl (C=O) groups is 2. The van der Waals surface area contributed by atoms with E-state index >= 15 is 0 Å². The second-order valence-corrected chi connectivity index (χ2v) is 7.90. The summed E-state index contributed by atoms with van der Waals surface area (Å²) in [6.07, 6.45) is 0.186. The minimum absolute atomic E-state index is 0.186. The predicted octanol–water partition coefficient (Wildman–Crippen LogP) is 3.25. The summed E-state index contributed by atoms with van der Waals surface area (Å²) in [5, 5.41) is 4.60. The van der Waals surface area contributed by atoms with Crippen molar-refractivity contribution in [2.75, 3.05) is 11.9 Å². The van der Waals surface area contributed by atoms with Crippen LogP contribution in [0.2, 0.25) is 5.02 Å². The molecule has 1 aliphatic heterocycles. The second kappa shape index (κ2) is 8.53. The van der Waals surface area contributed by atoms with E-state index in [0.717, 1.165) is 11.3 Å². The third kappa shape index (κ3) is 4.75. The van der Waals surface area contributed by atoms with Gasteiger partial charge in [0, 0.05) is 17.3 Å². The Labute approximate surface area is 166 Å². The first kappa shape index (κ1) is 18.7. The minimum Gasteiger partial charge on any atom is -0.383 e. The monoisotopic (exact) mass is 405 g/mol. The number of nitrogens with one attached hydrogen (secondary N) is 2. The summed E-state index contributed by atoms with van der Waals surface area (Å²) in [7, 11) is 0. The van der Waals surface area contributed by atoms with Crippen molar-refractivity contribution in [1.29, 1.82) is 0 Å². The number of hydrogen-bond acceptors (Lipinski definition) is 5. The SMILES string of the molecule is O=C(Cc1ccccc1)NN1C(=O)C(CNc2ccc(Cl)cc2)SC1=S. The lowest BCUT2D eigenvalue weighted by molar-refractivity contribution is -0.135. The third-order valence-corrected chi connectivity index (χ3v) is 5.46. The third-order valence-electron chi connectivity index (χ3n) is 3.70. The van der Waals surface area contributed by atoms with Crippen LogP contribution in [0.5, 0.6) is 0 Å². The molecule has 1 atom stereocenters. The Morgan fingerprint density at radius 1 is 1.15 bits per heavy atom. The van der Waals surface area contributed by atoms with E-state index in [1.54, 1.807) is 12.1 Å². The topological polar surface area (TPSA) is 61.4 Å². The molecule has 1 saturated heterocycles. The summed E-state index contributed by atoms with van der Waals surface area (Å²) >= 11 is 12.3. The molecular weight excluding hydrogens is 390 g/mol. The van der Waals surface area contributed by atoms with Gasteiger partial charge in [0.15, 0.2) is 4.32 Å². The van der Waals surface area contributed by atoms with Crippen molar-refractivity contribution in [1.82, 2.24) is 10.4 Å². The summed E-state index contributed by atoms with van der Waals surface area (Å²) in [5.74, 6) is -0.512. The maximum atomic E-state index is 12.5. The summed E-state index contributed by atoms with van der Waals surface area (Å²) in [5.41, 5.74) is 4.33. The van der Waals surface area contributed by atoms with Crippen LogP contribution in [-0.2, 0) is 16.0 Å². The van der Waals surface area contributed by atoms with E-state index in [1.165, 1.54) is 16.8 Å². The summed E-state index contributed by atoms with van der Waals surface area (Å²) in [6, 6.07) is 16.5. The Bertz CT molecular complexity index is 815. The standard InChI is InChI=1S/C18H16ClN3O2S2/c19-13-6-8-14(9-7-13)20-11-15-17(24)22(18(25)26-15)21-16(23)10-12-4-2-1-3-5-12/h1-9,15,20H,10-11H2,(H,21,23). The number of rotatable bonds is 6. The molecule has 2 amide bonds. The lowest BCUT2D eigenvalue weighted by atomic mass is 10.1. The normalized spacial score (nSPS) is 16.7. The van der Waals surface area contributed by atoms with Crippen molar-refractivity contribution >= 4 is 57.4 Å². The fourth-order valence-corrected chi connectivity index (χ4v) is 3.88. The van der Waals surface area contributed by atoms with Crippen LogP contribution in [0.1, 0.15) is 5.56 Å². The highest BCUT2D eigenvalue weighted by molar-refractivity contribution is 8.24. The number of anilines is 1. The van der Waals surface area contributed by atoms with Crippen LogP contribution in [0.4, 0.5) is 5.69 Å². The van der Waals surface area contributed by atoms with E-state index in [9.17, 15) is 9.59 Å². The highest BCUT2D eigenvalue weighted by atomic mass is 35.5. The number of halogens is 1. The number of benzene rings is 2. The summed E-state index contributed by atoms with van der Waals surface area (Å²) < 4.78 is 0.347. The number of nitrogens with zero attached hydrogens (tertiary/aromatic N) is 1. The molecule has 3 rings (SSSR count). The van der Waals surface area contributed by atoms with Crippen molar-refractivity contribution < 1.29 is 9.59 Å². The lowest BCUT2D eigenvalue weighted by Crippen LogP contribution is -2.47. The maximum absolute atomic E-state index is 12.5. The van der Waals surface area contributed by atoms with E-state index < -0.39 is 5.25 Å². The number of carbonyl (C=O) groups excluding carboxylic acids is 2. The molecule has 0 aromatic heterocycles. The molecule has 1 heterocycles. The number of thioether (sulfide) groups is 1. The lowest BCUT2D eigenvalue weighted by Gasteiger charge is -2.17. The Hall–Kier alpha value is -2.09. The van der Waals surface area contributed by atoms with Crippen LogP contribution in [0.3, 0.4) is 0 Å². The summed E-state index contributed by atoms with van der Waals surface area (Å²) in [6.45, 7) is 0.399. The molecule has 0 radical (unpaired) electrons. The molecule has 8 heteroatoms. The van der Waals surface area contributed by atoms with Crippen molar-refractivity contribution in [2.45, 2.75) is 11.7 Å². The van der Waals surface area contributed by atoms with Crippen molar-refractivity contribution in [3.8, 4) is 0 Å². The molecule has 0 saturated carbocycles. The molecule has 26 heavy (non-hydrogen) atoms. The Kier molecular flexibility index (Phi) is 6.13. The van der Waals surface area contributed by atoms with Gasteiger partial charge in [-0.15, -0.1) is 0 Å². The molecule has 0 spiro atoms. The van der Waals surface area contributed by atoms with Crippen LogP contribution in [0.25, 0.3) is 0 Å². The van der Waals surface area contributed by atoms with Gasteiger partial charge in [0.1, 0.15) is 5.25 Å². The maximum Gasteiger partial charge on any atom is 0.262 e. The minimum atomic E-state index is -0.393. The van der Waals surface area contributed by atoms with Gasteiger partial charge in [-0.25, -0.2) is 5.01 Å². The fraction of sp³-hybridized carbons (Fsp3) is 0.167. The van der Waals surface area contributed by atoms with Crippen LogP contribution < -0.4 is 10.7 Å². The summed E-state index contributed by atoms with van der Waals surface area (Å²) in [4.78, 5) is 24.7. The van der Waals surface area contributed by atoms with Crippen LogP contribution >= 0.6 is 35.6 Å². The number of hydrazine groups is 1. The molecule has 0 bridgehead atoms. The predicted molar refractivity (Wildman–Crippen MR) is 109 cm³/mol. The van der Waals surface area contributed by atoms with Crippen LogP contribution in [-0.4, -0.2) is 32.9 Å². The molecule has 2 aromatic rings. The molecule has 2 aromatic carbocycles. The average molecular weight is 406 g/mol. The number of hydrogen-bond donors (Lipinski definition) is 2. The number of amides is 2. The smallest absolute Gasteiger partial charge is 0.262 e. The molecule has 5 nitrogen and oxygen atoms in total. The first-order chi connectivity index (χ1) is 12.5. The Balaban J connectivity index is 1.54. The number of thiocarbonyl (C=S) groups is 1. The second-order valence-electron chi connectivity index (χ2n) is 5.63. The van der Waals surface area contributed by atoms with Crippen LogP contribution in [0, 0.1) is 0 Å². The van der Waals surface area contributed by atoms with Crippen molar-refractivity contribution in [2.24, 2.45) is 0 Å². The van der Waals surface area contributed by atoms with Gasteiger partial charge in [0.2, 0.25) is 5.91 Å². The van der Waals surface area contributed by atoms with Gasteiger partial charge < -0.3 is 5.32 Å². The highest BCUT2D eigenvalue weighted by Gasteiger charge is 2.37. The van der Waals surface area contributed by atoms with E-state index in [2.05, 4.69) is 10.7 Å². The van der Waals surface area contributed by atoms with E-state index in [4.69, 9.17) is 23.8 Å². The molecule has 1 aliphatic rings. The Morgan fingerprint density at radius 2 is 1.85 bits per heavy atom. The zero-order chi connectivity index (χ0) is 18.5. The van der Waals surface area contributed by atoms with Gasteiger partial charge in [0.25, 0.3) is 5.91 Å². The van der Waals surface area contributed by atoms with Crippen LogP contribution in [0.15, 0.2) is 54.6 Å². The largest absolute Gasteiger partial charge is 0.383 e. The molecule has 1 unspecified atom stereocenters. The quantitative estimate of drug-likeness (QED) is 0.722. The molecular formula is C18H16ClN3O2S2. The molecule has 0 aliphatic carbocycles. The molecule has 1 fully saturated rings. The molecule has 2 N–H and O–H groups in total. The molecule has 134 valence electrons. The zero-order valence-electron chi connectivity index (χ0n) is 13.6. The zero-order valence-corrected chi connectivity index (χ0v) is 16.0. The van der Waals surface area contributed by atoms with E-state index in [-0.39, 0.29) is 18.2 Å². The van der Waals surface area contributed by atoms with Gasteiger partial charge in [-0.3, -0.25) is 15.0 Å². The van der Waals surface area contributed by atoms with Gasteiger partial charge in [-0.05, 0) is 29.8 Å².